The highest BCUT2D eigenvalue weighted by Gasteiger charge is 2.31. The highest BCUT2D eigenvalue weighted by atomic mass is 32.2. The summed E-state index contributed by atoms with van der Waals surface area (Å²) in [6.45, 7) is 13.1. The van der Waals surface area contributed by atoms with Gasteiger partial charge in [0.15, 0.2) is 11.5 Å². The average Bonchev–Trinajstić information content (AvgIpc) is 3.03. The fraction of sp³-hybridized carbons (Fsp3) is 0.652. The maximum Gasteiger partial charge on any atom is 0.161 e. The molecule has 0 radical (unpaired) electrons. The monoisotopic (exact) mass is 438 g/mol. The van der Waals surface area contributed by atoms with E-state index in [4.69, 9.17) is 14.2 Å². The smallest absolute Gasteiger partial charge is 0.161 e. The van der Waals surface area contributed by atoms with Gasteiger partial charge >= 0.3 is 0 Å². The summed E-state index contributed by atoms with van der Waals surface area (Å²) < 4.78 is 16.9. The highest BCUT2D eigenvalue weighted by Crippen LogP contribution is 2.48. The highest BCUT2D eigenvalue weighted by molar-refractivity contribution is 8.03. The van der Waals surface area contributed by atoms with Crippen molar-refractivity contribution in [2.45, 2.75) is 45.6 Å². The number of hydrogen-bond donors (Lipinski definition) is 1. The van der Waals surface area contributed by atoms with Gasteiger partial charge in [-0.05, 0) is 31.5 Å². The maximum absolute atomic E-state index is 10.1. The fourth-order valence-corrected chi connectivity index (χ4v) is 4.96. The lowest BCUT2D eigenvalue weighted by molar-refractivity contribution is 0.0321. The van der Waals surface area contributed by atoms with E-state index in [0.29, 0.717) is 6.61 Å². The van der Waals surface area contributed by atoms with Crippen molar-refractivity contribution in [1.82, 2.24) is 9.80 Å². The van der Waals surface area contributed by atoms with Crippen LogP contribution in [0.25, 0.3) is 0 Å². The standard InChI is InChI=1S/C20H30N2O4S.C3H8/c1-14(23)19-15(2)27-20(21(19)3)16-5-6-17(24-4)18(13-16)26-12-9-22-7-10-25-11-8-22;1-3-2/h5-6,13-14,20,23H,7-12H2,1-4H3;3H2,1-2H3. The molecule has 30 heavy (non-hydrogen) atoms. The van der Waals surface area contributed by atoms with Crippen molar-refractivity contribution in [3.63, 3.8) is 0 Å². The molecular formula is C23H38N2O4S. The quantitative estimate of drug-likeness (QED) is 0.687. The molecule has 1 fully saturated rings. The number of morpholine rings is 1. The van der Waals surface area contributed by atoms with Gasteiger partial charge < -0.3 is 24.2 Å². The Labute approximate surface area is 186 Å². The van der Waals surface area contributed by atoms with E-state index >= 15 is 0 Å². The fourth-order valence-electron chi connectivity index (χ4n) is 3.63. The van der Waals surface area contributed by atoms with Gasteiger partial charge in [0, 0.05) is 31.6 Å². The van der Waals surface area contributed by atoms with Crippen LogP contribution in [0.2, 0.25) is 0 Å². The molecule has 0 spiro atoms. The SMILES string of the molecule is CCC.COc1ccc(C2SC(C)=C(C(C)O)N2C)cc1OCCN1CCOCC1. The Bertz CT molecular complexity index is 690. The number of hydrogen-bond acceptors (Lipinski definition) is 7. The van der Waals surface area contributed by atoms with Crippen LogP contribution >= 0.6 is 11.8 Å². The molecule has 1 aromatic rings. The van der Waals surface area contributed by atoms with Crippen LogP contribution in [0.1, 0.15) is 45.1 Å². The van der Waals surface area contributed by atoms with Gasteiger partial charge in [0.1, 0.15) is 12.0 Å². The molecule has 2 aliphatic heterocycles. The first kappa shape index (κ1) is 24.9. The molecular weight excluding hydrogens is 400 g/mol. The summed E-state index contributed by atoms with van der Waals surface area (Å²) in [5, 5.41) is 10.2. The number of allylic oxidation sites excluding steroid dienone is 1. The lowest BCUT2D eigenvalue weighted by atomic mass is 10.1. The predicted molar refractivity (Wildman–Crippen MR) is 124 cm³/mol. The second-order valence-corrected chi connectivity index (χ2v) is 8.91. The zero-order chi connectivity index (χ0) is 22.1. The molecule has 1 saturated heterocycles. The second-order valence-electron chi connectivity index (χ2n) is 7.62. The molecule has 0 amide bonds. The van der Waals surface area contributed by atoms with Gasteiger partial charge in [-0.15, -0.1) is 0 Å². The van der Waals surface area contributed by atoms with E-state index in [1.54, 1.807) is 18.9 Å². The third-order valence-electron chi connectivity index (χ3n) is 5.02. The molecule has 1 N–H and O–H groups in total. The van der Waals surface area contributed by atoms with Gasteiger partial charge in [0.05, 0.1) is 32.1 Å². The molecule has 3 rings (SSSR count). The number of likely N-dealkylation sites (N-methyl/N-ethyl adjacent to an activating group) is 1. The summed E-state index contributed by atoms with van der Waals surface area (Å²) in [7, 11) is 3.69. The molecule has 2 aliphatic rings. The van der Waals surface area contributed by atoms with Gasteiger partial charge in [-0.25, -0.2) is 0 Å². The Kier molecular flexibility index (Phi) is 10.3. The van der Waals surface area contributed by atoms with E-state index in [-0.39, 0.29) is 5.37 Å². The van der Waals surface area contributed by atoms with Gasteiger partial charge in [-0.3, -0.25) is 4.90 Å². The van der Waals surface area contributed by atoms with E-state index in [1.807, 2.05) is 20.0 Å². The van der Waals surface area contributed by atoms with Crippen LogP contribution in [-0.2, 0) is 4.74 Å². The molecule has 2 heterocycles. The van der Waals surface area contributed by atoms with Crippen molar-refractivity contribution in [3.05, 3.63) is 34.4 Å². The predicted octanol–water partition coefficient (Wildman–Crippen LogP) is 4.11. The Morgan fingerprint density at radius 3 is 2.47 bits per heavy atom. The molecule has 0 aliphatic carbocycles. The van der Waals surface area contributed by atoms with Gasteiger partial charge in [-0.2, -0.15) is 0 Å². The van der Waals surface area contributed by atoms with Crippen molar-refractivity contribution in [1.29, 1.82) is 0 Å². The first-order valence-corrected chi connectivity index (χ1v) is 11.7. The summed E-state index contributed by atoms with van der Waals surface area (Å²) in [6.07, 6.45) is 0.773. The Morgan fingerprint density at radius 2 is 1.90 bits per heavy atom. The van der Waals surface area contributed by atoms with Crippen LogP contribution in [-0.4, -0.2) is 74.6 Å². The van der Waals surface area contributed by atoms with Crippen molar-refractivity contribution < 1.29 is 19.3 Å². The van der Waals surface area contributed by atoms with E-state index in [1.165, 1.54) is 6.42 Å². The number of thioether (sulfide) groups is 1. The van der Waals surface area contributed by atoms with Crippen molar-refractivity contribution in [2.24, 2.45) is 0 Å². The summed E-state index contributed by atoms with van der Waals surface area (Å²) in [6, 6.07) is 6.09. The molecule has 170 valence electrons. The van der Waals surface area contributed by atoms with Crippen LogP contribution in [0.5, 0.6) is 11.5 Å². The topological polar surface area (TPSA) is 54.4 Å². The second kappa shape index (κ2) is 12.4. The van der Waals surface area contributed by atoms with E-state index in [0.717, 1.165) is 60.5 Å². The number of aliphatic hydroxyl groups is 1. The van der Waals surface area contributed by atoms with E-state index in [9.17, 15) is 5.11 Å². The number of benzene rings is 1. The molecule has 1 aromatic carbocycles. The summed E-state index contributed by atoms with van der Waals surface area (Å²) in [4.78, 5) is 5.65. The molecule has 0 aromatic heterocycles. The molecule has 0 saturated carbocycles. The molecule has 2 atom stereocenters. The van der Waals surface area contributed by atoms with Gasteiger partial charge in [-0.1, -0.05) is 38.1 Å². The molecule has 2 unspecified atom stereocenters. The zero-order valence-corrected chi connectivity index (χ0v) is 20.1. The largest absolute Gasteiger partial charge is 0.493 e. The summed E-state index contributed by atoms with van der Waals surface area (Å²) in [5.74, 6) is 1.51. The molecule has 0 bridgehead atoms. The molecule has 6 nitrogen and oxygen atoms in total. The van der Waals surface area contributed by atoms with Crippen LogP contribution in [0.15, 0.2) is 28.8 Å². The van der Waals surface area contributed by atoms with E-state index < -0.39 is 6.10 Å². The maximum atomic E-state index is 10.1. The van der Waals surface area contributed by atoms with Crippen LogP contribution in [0, 0.1) is 0 Å². The summed E-state index contributed by atoms with van der Waals surface area (Å²) >= 11 is 1.76. The number of rotatable bonds is 7. The van der Waals surface area contributed by atoms with Crippen molar-refractivity contribution >= 4 is 11.8 Å². The third-order valence-corrected chi connectivity index (χ3v) is 6.39. The Balaban J connectivity index is 0.00000101. The average molecular weight is 439 g/mol. The minimum absolute atomic E-state index is 0.127. The first-order valence-electron chi connectivity index (χ1n) is 10.8. The van der Waals surface area contributed by atoms with Crippen molar-refractivity contribution in [2.75, 3.05) is 53.6 Å². The van der Waals surface area contributed by atoms with Crippen molar-refractivity contribution in [3.8, 4) is 11.5 Å². The minimum atomic E-state index is -0.477. The van der Waals surface area contributed by atoms with Gasteiger partial charge in [0.2, 0.25) is 0 Å². The normalized spacial score (nSPS) is 20.6. The molecule has 7 heteroatoms. The Hall–Kier alpha value is -1.41. The van der Waals surface area contributed by atoms with Crippen LogP contribution < -0.4 is 9.47 Å². The number of aliphatic hydroxyl groups excluding tert-OH is 1. The lowest BCUT2D eigenvalue weighted by Gasteiger charge is -2.27. The van der Waals surface area contributed by atoms with Gasteiger partial charge in [0.25, 0.3) is 0 Å². The number of methoxy groups -OCH3 is 1. The lowest BCUT2D eigenvalue weighted by Crippen LogP contribution is -2.38. The number of nitrogens with zero attached hydrogens (tertiary/aromatic N) is 2. The van der Waals surface area contributed by atoms with E-state index in [2.05, 4.69) is 42.7 Å². The number of ether oxygens (including phenoxy) is 3. The third kappa shape index (κ3) is 6.54. The minimum Gasteiger partial charge on any atom is -0.493 e. The zero-order valence-electron chi connectivity index (χ0n) is 19.3. The van der Waals surface area contributed by atoms with Crippen LogP contribution in [0.4, 0.5) is 0 Å². The Morgan fingerprint density at radius 1 is 1.23 bits per heavy atom. The first-order chi connectivity index (χ1) is 14.4. The van der Waals surface area contributed by atoms with Crippen LogP contribution in [0.3, 0.4) is 0 Å². The summed E-state index contributed by atoms with van der Waals surface area (Å²) in [5.41, 5.74) is 2.12.